The van der Waals surface area contributed by atoms with Gasteiger partial charge in [-0.2, -0.15) is 0 Å². The SMILES string of the molecule is C/C=C/COc1cc(C)c(OCCCCCOc2ccc(/C=N/OC)cc2)c(C)c1. The van der Waals surface area contributed by atoms with Crippen LogP contribution in [-0.4, -0.2) is 33.1 Å². The van der Waals surface area contributed by atoms with Crippen LogP contribution in [0.2, 0.25) is 0 Å². The number of hydrogen-bond donors (Lipinski definition) is 0. The number of allylic oxidation sites excluding steroid dienone is 1. The average molecular weight is 412 g/mol. The van der Waals surface area contributed by atoms with Gasteiger partial charge in [0.1, 0.15) is 31.0 Å². The van der Waals surface area contributed by atoms with Gasteiger partial charge in [0.25, 0.3) is 0 Å². The van der Waals surface area contributed by atoms with Gasteiger partial charge in [0.2, 0.25) is 0 Å². The average Bonchev–Trinajstić information content (AvgIpc) is 2.74. The number of ether oxygens (including phenoxy) is 3. The van der Waals surface area contributed by atoms with Crippen LogP contribution in [0, 0.1) is 13.8 Å². The monoisotopic (exact) mass is 411 g/mol. The standard InChI is InChI=1S/C25H33NO4/c1-5-6-14-29-24-17-20(2)25(21(3)18-24)30-16-9-7-8-15-28-23-12-10-22(11-13-23)19-26-27-4/h5-6,10-13,17-19H,7-9,14-16H2,1-4H3/b6-5+,26-19+. The first-order chi connectivity index (χ1) is 14.6. The van der Waals surface area contributed by atoms with Crippen molar-refractivity contribution in [2.24, 2.45) is 5.16 Å². The molecule has 0 amide bonds. The van der Waals surface area contributed by atoms with Gasteiger partial charge in [0.15, 0.2) is 0 Å². The van der Waals surface area contributed by atoms with Crippen LogP contribution in [0.25, 0.3) is 0 Å². The van der Waals surface area contributed by atoms with Crippen molar-refractivity contribution in [3.63, 3.8) is 0 Å². The molecule has 2 rings (SSSR count). The third kappa shape index (κ3) is 8.19. The molecule has 162 valence electrons. The quantitative estimate of drug-likeness (QED) is 0.179. The number of oxime groups is 1. The zero-order valence-electron chi connectivity index (χ0n) is 18.5. The summed E-state index contributed by atoms with van der Waals surface area (Å²) in [5.74, 6) is 2.71. The molecule has 5 nitrogen and oxygen atoms in total. The first kappa shape index (κ1) is 23.3. The Kier molecular flexibility index (Phi) is 10.3. The van der Waals surface area contributed by atoms with Gasteiger partial charge in [-0.05, 0) is 93.1 Å². The number of rotatable bonds is 13. The number of benzene rings is 2. The van der Waals surface area contributed by atoms with Gasteiger partial charge in [-0.3, -0.25) is 0 Å². The molecule has 0 saturated heterocycles. The van der Waals surface area contributed by atoms with E-state index in [1.165, 1.54) is 7.11 Å². The summed E-state index contributed by atoms with van der Waals surface area (Å²) in [5, 5.41) is 3.74. The van der Waals surface area contributed by atoms with Crippen molar-refractivity contribution in [2.45, 2.75) is 40.0 Å². The molecule has 0 unspecified atom stereocenters. The molecule has 0 saturated carbocycles. The summed E-state index contributed by atoms with van der Waals surface area (Å²) in [6, 6.07) is 11.9. The molecule has 5 heteroatoms. The fourth-order valence-corrected chi connectivity index (χ4v) is 2.97. The highest BCUT2D eigenvalue weighted by Gasteiger charge is 2.07. The normalized spacial score (nSPS) is 11.2. The Balaban J connectivity index is 1.65. The summed E-state index contributed by atoms with van der Waals surface area (Å²) >= 11 is 0. The fraction of sp³-hybridized carbons (Fsp3) is 0.400. The molecular formula is C25H33NO4. The number of aryl methyl sites for hydroxylation is 2. The zero-order chi connectivity index (χ0) is 21.6. The second-order valence-corrected chi connectivity index (χ2v) is 7.01. The Hall–Kier alpha value is -2.95. The third-order valence-electron chi connectivity index (χ3n) is 4.51. The lowest BCUT2D eigenvalue weighted by Gasteiger charge is -2.14. The summed E-state index contributed by atoms with van der Waals surface area (Å²) < 4.78 is 17.5. The predicted molar refractivity (Wildman–Crippen MR) is 122 cm³/mol. The Labute approximate surface area is 180 Å². The molecule has 0 spiro atoms. The lowest BCUT2D eigenvalue weighted by Crippen LogP contribution is -2.03. The Bertz CT molecular complexity index is 789. The van der Waals surface area contributed by atoms with E-state index in [1.807, 2.05) is 55.5 Å². The van der Waals surface area contributed by atoms with E-state index in [2.05, 4.69) is 23.8 Å². The van der Waals surface area contributed by atoms with Crippen LogP contribution in [0.3, 0.4) is 0 Å². The van der Waals surface area contributed by atoms with Gasteiger partial charge >= 0.3 is 0 Å². The summed E-state index contributed by atoms with van der Waals surface area (Å²) in [4.78, 5) is 4.67. The first-order valence-electron chi connectivity index (χ1n) is 10.4. The highest BCUT2D eigenvalue weighted by molar-refractivity contribution is 5.79. The zero-order valence-corrected chi connectivity index (χ0v) is 18.5. The van der Waals surface area contributed by atoms with Crippen molar-refractivity contribution in [3.8, 4) is 17.2 Å². The number of nitrogens with zero attached hydrogens (tertiary/aromatic N) is 1. The highest BCUT2D eigenvalue weighted by Crippen LogP contribution is 2.28. The van der Waals surface area contributed by atoms with Crippen molar-refractivity contribution >= 4 is 6.21 Å². The maximum atomic E-state index is 6.03. The van der Waals surface area contributed by atoms with Gasteiger partial charge < -0.3 is 19.0 Å². The maximum Gasteiger partial charge on any atom is 0.125 e. The molecule has 0 aliphatic carbocycles. The smallest absolute Gasteiger partial charge is 0.125 e. The lowest BCUT2D eigenvalue weighted by atomic mass is 10.1. The van der Waals surface area contributed by atoms with Crippen LogP contribution in [0.15, 0.2) is 53.7 Å². The van der Waals surface area contributed by atoms with E-state index in [4.69, 9.17) is 14.2 Å². The highest BCUT2D eigenvalue weighted by atomic mass is 16.6. The van der Waals surface area contributed by atoms with Crippen molar-refractivity contribution in [2.75, 3.05) is 26.9 Å². The van der Waals surface area contributed by atoms with Gasteiger partial charge in [0.05, 0.1) is 19.4 Å². The van der Waals surface area contributed by atoms with E-state index in [0.717, 1.165) is 53.2 Å². The van der Waals surface area contributed by atoms with Crippen molar-refractivity contribution in [3.05, 3.63) is 65.2 Å². The van der Waals surface area contributed by atoms with E-state index in [1.54, 1.807) is 6.21 Å². The van der Waals surface area contributed by atoms with Crippen LogP contribution < -0.4 is 14.2 Å². The Morgan fingerprint density at radius 2 is 1.50 bits per heavy atom. The molecule has 0 aliphatic rings. The lowest BCUT2D eigenvalue weighted by molar-refractivity contribution is 0.215. The molecular weight excluding hydrogens is 378 g/mol. The molecule has 0 atom stereocenters. The summed E-state index contributed by atoms with van der Waals surface area (Å²) in [7, 11) is 1.53. The van der Waals surface area contributed by atoms with Gasteiger partial charge in [-0.25, -0.2) is 0 Å². The molecule has 0 heterocycles. The molecule has 0 bridgehead atoms. The van der Waals surface area contributed by atoms with Crippen LogP contribution >= 0.6 is 0 Å². The molecule has 0 radical (unpaired) electrons. The maximum absolute atomic E-state index is 6.03. The van der Waals surface area contributed by atoms with E-state index in [-0.39, 0.29) is 0 Å². The van der Waals surface area contributed by atoms with Gasteiger partial charge in [-0.1, -0.05) is 17.3 Å². The molecule has 0 fully saturated rings. The minimum Gasteiger partial charge on any atom is -0.494 e. The largest absolute Gasteiger partial charge is 0.494 e. The van der Waals surface area contributed by atoms with Crippen LogP contribution in [0.4, 0.5) is 0 Å². The van der Waals surface area contributed by atoms with E-state index in [9.17, 15) is 0 Å². The Morgan fingerprint density at radius 1 is 0.833 bits per heavy atom. The molecule has 30 heavy (non-hydrogen) atoms. The van der Waals surface area contributed by atoms with E-state index in [0.29, 0.717) is 19.8 Å². The number of hydrogen-bond acceptors (Lipinski definition) is 5. The van der Waals surface area contributed by atoms with Crippen molar-refractivity contribution < 1.29 is 19.0 Å². The fourth-order valence-electron chi connectivity index (χ4n) is 2.97. The van der Waals surface area contributed by atoms with E-state index >= 15 is 0 Å². The van der Waals surface area contributed by atoms with Gasteiger partial charge in [-0.15, -0.1) is 0 Å². The number of unbranched alkanes of at least 4 members (excludes halogenated alkanes) is 2. The molecule has 2 aromatic carbocycles. The summed E-state index contributed by atoms with van der Waals surface area (Å²) in [5.41, 5.74) is 3.19. The van der Waals surface area contributed by atoms with Crippen molar-refractivity contribution in [1.82, 2.24) is 0 Å². The Morgan fingerprint density at radius 3 is 2.13 bits per heavy atom. The molecule has 0 aromatic heterocycles. The van der Waals surface area contributed by atoms with Crippen LogP contribution in [-0.2, 0) is 4.84 Å². The second-order valence-electron chi connectivity index (χ2n) is 7.01. The minimum absolute atomic E-state index is 0.587. The molecule has 2 aromatic rings. The third-order valence-corrected chi connectivity index (χ3v) is 4.51. The van der Waals surface area contributed by atoms with E-state index < -0.39 is 0 Å². The van der Waals surface area contributed by atoms with Crippen LogP contribution in [0.5, 0.6) is 17.2 Å². The first-order valence-corrected chi connectivity index (χ1v) is 10.4. The minimum atomic E-state index is 0.587. The van der Waals surface area contributed by atoms with Crippen LogP contribution in [0.1, 0.15) is 42.9 Å². The predicted octanol–water partition coefficient (Wildman–Crippen LogP) is 5.87. The molecule has 0 aliphatic heterocycles. The van der Waals surface area contributed by atoms with Gasteiger partial charge in [0, 0.05) is 0 Å². The summed E-state index contributed by atoms with van der Waals surface area (Å²) in [6.45, 7) is 8.09. The van der Waals surface area contributed by atoms with Crippen molar-refractivity contribution in [1.29, 1.82) is 0 Å². The topological polar surface area (TPSA) is 49.3 Å². The second kappa shape index (κ2) is 13.3. The summed E-state index contributed by atoms with van der Waals surface area (Å²) in [6.07, 6.45) is 8.68. The molecule has 0 N–H and O–H groups in total.